The van der Waals surface area contributed by atoms with E-state index in [2.05, 4.69) is 46.8 Å². The zero-order valence-corrected chi connectivity index (χ0v) is 20.9. The van der Waals surface area contributed by atoms with Crippen LogP contribution in [0.15, 0.2) is 53.5 Å². The normalized spacial score (nSPS) is 18.7. The Bertz CT molecular complexity index is 849. The van der Waals surface area contributed by atoms with Crippen LogP contribution < -0.4 is 15.4 Å². The highest BCUT2D eigenvalue weighted by atomic mass is 127. The molecular formula is C24H32F2IN3O2. The summed E-state index contributed by atoms with van der Waals surface area (Å²) >= 11 is 0. The molecule has 2 unspecified atom stereocenters. The molecule has 1 heterocycles. The summed E-state index contributed by atoms with van der Waals surface area (Å²) in [5, 5.41) is 6.68. The molecule has 0 saturated carbocycles. The Balaban J connectivity index is 0.00000363. The summed E-state index contributed by atoms with van der Waals surface area (Å²) in [5.74, 6) is 1.47. The van der Waals surface area contributed by atoms with Crippen molar-refractivity contribution in [2.45, 2.75) is 38.8 Å². The van der Waals surface area contributed by atoms with Crippen molar-refractivity contribution in [3.63, 3.8) is 0 Å². The molecular weight excluding hydrogens is 527 g/mol. The van der Waals surface area contributed by atoms with Crippen LogP contribution in [0.1, 0.15) is 35.6 Å². The molecule has 0 radical (unpaired) electrons. The van der Waals surface area contributed by atoms with Crippen molar-refractivity contribution in [1.82, 2.24) is 10.6 Å². The van der Waals surface area contributed by atoms with Crippen molar-refractivity contribution >= 4 is 29.9 Å². The summed E-state index contributed by atoms with van der Waals surface area (Å²) in [6.07, 6.45) is -0.279. The topological polar surface area (TPSA) is 54.9 Å². The first-order valence-electron chi connectivity index (χ1n) is 10.7. The van der Waals surface area contributed by atoms with Crippen molar-refractivity contribution in [2.75, 3.05) is 26.8 Å². The molecule has 32 heavy (non-hydrogen) atoms. The molecule has 176 valence electrons. The van der Waals surface area contributed by atoms with E-state index in [1.807, 2.05) is 6.07 Å². The third-order valence-electron chi connectivity index (χ3n) is 5.34. The van der Waals surface area contributed by atoms with Crippen molar-refractivity contribution < 1.29 is 18.3 Å². The van der Waals surface area contributed by atoms with Crippen molar-refractivity contribution in [3.8, 4) is 5.75 Å². The second kappa shape index (κ2) is 13.6. The summed E-state index contributed by atoms with van der Waals surface area (Å²) in [7, 11) is 1.73. The molecule has 0 amide bonds. The van der Waals surface area contributed by atoms with Crippen LogP contribution in [0.3, 0.4) is 0 Å². The minimum atomic E-state index is -2.49. The molecule has 2 N–H and O–H groups in total. The van der Waals surface area contributed by atoms with Gasteiger partial charge >= 0.3 is 0 Å². The summed E-state index contributed by atoms with van der Waals surface area (Å²) in [6, 6.07) is 15.7. The lowest BCUT2D eigenvalue weighted by molar-refractivity contribution is -0.0265. The van der Waals surface area contributed by atoms with Crippen LogP contribution in [0.2, 0.25) is 0 Å². The minimum absolute atomic E-state index is 0. The number of aryl methyl sites for hydroxylation is 1. The van der Waals surface area contributed by atoms with Crippen LogP contribution in [-0.4, -0.2) is 39.2 Å². The van der Waals surface area contributed by atoms with Gasteiger partial charge < -0.3 is 20.1 Å². The first-order valence-corrected chi connectivity index (χ1v) is 10.7. The number of hydrogen-bond donors (Lipinski definition) is 2. The largest absolute Gasteiger partial charge is 0.488 e. The van der Waals surface area contributed by atoms with Crippen molar-refractivity contribution in [2.24, 2.45) is 10.9 Å². The molecule has 0 spiro atoms. The molecule has 2 aromatic carbocycles. The van der Waals surface area contributed by atoms with Crippen LogP contribution in [0.5, 0.6) is 5.75 Å². The third kappa shape index (κ3) is 8.20. The molecule has 1 fully saturated rings. The maximum atomic E-state index is 12.3. The minimum Gasteiger partial charge on any atom is -0.488 e. The van der Waals surface area contributed by atoms with Crippen LogP contribution >= 0.6 is 24.0 Å². The van der Waals surface area contributed by atoms with Gasteiger partial charge in [0.25, 0.3) is 6.43 Å². The SMILES string of the molecule is CN=C(NCc1cccc(OCC(F)F)c1)NCC1CCCOC1c1ccc(C)cc1.I. The average molecular weight is 559 g/mol. The molecule has 1 aliphatic rings. The van der Waals surface area contributed by atoms with E-state index in [-0.39, 0.29) is 30.1 Å². The first kappa shape index (κ1) is 26.3. The molecule has 1 saturated heterocycles. The first-order chi connectivity index (χ1) is 15.0. The zero-order chi connectivity index (χ0) is 22.1. The lowest BCUT2D eigenvalue weighted by Gasteiger charge is -2.32. The monoisotopic (exact) mass is 559 g/mol. The fourth-order valence-electron chi connectivity index (χ4n) is 3.72. The fraction of sp³-hybridized carbons (Fsp3) is 0.458. The van der Waals surface area contributed by atoms with E-state index < -0.39 is 13.0 Å². The van der Waals surface area contributed by atoms with Gasteiger partial charge in [-0.3, -0.25) is 4.99 Å². The lowest BCUT2D eigenvalue weighted by Crippen LogP contribution is -2.41. The van der Waals surface area contributed by atoms with Gasteiger partial charge in [-0.1, -0.05) is 42.0 Å². The third-order valence-corrected chi connectivity index (χ3v) is 5.34. The van der Waals surface area contributed by atoms with E-state index in [0.29, 0.717) is 24.2 Å². The number of nitrogens with one attached hydrogen (secondary N) is 2. The number of halogens is 3. The summed E-state index contributed by atoms with van der Waals surface area (Å²) < 4.78 is 35.9. The van der Waals surface area contributed by atoms with Gasteiger partial charge in [0.2, 0.25) is 0 Å². The van der Waals surface area contributed by atoms with Gasteiger partial charge in [-0.25, -0.2) is 8.78 Å². The van der Waals surface area contributed by atoms with Crippen LogP contribution in [0.4, 0.5) is 8.78 Å². The van der Waals surface area contributed by atoms with Gasteiger partial charge in [-0.05, 0) is 43.0 Å². The van der Waals surface area contributed by atoms with E-state index >= 15 is 0 Å². The van der Waals surface area contributed by atoms with Gasteiger partial charge in [-0.15, -0.1) is 24.0 Å². The highest BCUT2D eigenvalue weighted by Crippen LogP contribution is 2.33. The molecule has 5 nitrogen and oxygen atoms in total. The molecule has 8 heteroatoms. The number of alkyl halides is 2. The Morgan fingerprint density at radius 2 is 1.97 bits per heavy atom. The number of aliphatic imine (C=N–C) groups is 1. The Labute approximate surface area is 206 Å². The van der Waals surface area contributed by atoms with Gasteiger partial charge in [0.15, 0.2) is 5.96 Å². The smallest absolute Gasteiger partial charge is 0.272 e. The van der Waals surface area contributed by atoms with Gasteiger partial charge in [-0.2, -0.15) is 0 Å². The maximum absolute atomic E-state index is 12.3. The Hall–Kier alpha value is -1.94. The quantitative estimate of drug-likeness (QED) is 0.269. The molecule has 0 aliphatic carbocycles. The van der Waals surface area contributed by atoms with Gasteiger partial charge in [0.05, 0.1) is 6.10 Å². The van der Waals surface area contributed by atoms with Crippen LogP contribution in [-0.2, 0) is 11.3 Å². The number of rotatable bonds is 8. The molecule has 0 aromatic heterocycles. The second-order valence-corrected chi connectivity index (χ2v) is 7.76. The summed E-state index contributed by atoms with van der Waals surface area (Å²) in [4.78, 5) is 4.30. The average Bonchev–Trinajstić information content (AvgIpc) is 2.79. The Morgan fingerprint density at radius 1 is 1.19 bits per heavy atom. The lowest BCUT2D eigenvalue weighted by atomic mass is 9.89. The maximum Gasteiger partial charge on any atom is 0.272 e. The number of ether oxygens (including phenoxy) is 2. The predicted molar refractivity (Wildman–Crippen MR) is 134 cm³/mol. The van der Waals surface area contributed by atoms with Crippen molar-refractivity contribution in [3.05, 3.63) is 65.2 Å². The standard InChI is InChI=1S/C24H31F2N3O2.HI/c1-17-8-10-19(11-9-17)23-20(6-4-12-30-23)15-29-24(27-2)28-14-18-5-3-7-21(13-18)31-16-22(25)26;/h3,5,7-11,13,20,22-23H,4,6,12,14-16H2,1-2H3,(H2,27,28,29);1H. The Kier molecular flexibility index (Phi) is 11.2. The number of hydrogen-bond acceptors (Lipinski definition) is 3. The van der Waals surface area contributed by atoms with Crippen molar-refractivity contribution in [1.29, 1.82) is 0 Å². The van der Waals surface area contributed by atoms with Gasteiger partial charge in [0.1, 0.15) is 12.4 Å². The fourth-order valence-corrected chi connectivity index (χ4v) is 3.72. The number of nitrogens with zero attached hydrogens (tertiary/aromatic N) is 1. The Morgan fingerprint density at radius 3 is 2.69 bits per heavy atom. The van der Waals surface area contributed by atoms with Gasteiger partial charge in [0, 0.05) is 32.7 Å². The van der Waals surface area contributed by atoms with E-state index in [1.54, 1.807) is 25.2 Å². The van der Waals surface area contributed by atoms with E-state index in [1.165, 1.54) is 11.1 Å². The number of guanidine groups is 1. The molecule has 2 aromatic rings. The van der Waals surface area contributed by atoms with E-state index in [9.17, 15) is 8.78 Å². The van der Waals surface area contributed by atoms with E-state index in [0.717, 1.165) is 31.6 Å². The summed E-state index contributed by atoms with van der Waals surface area (Å²) in [5.41, 5.74) is 3.37. The molecule has 2 atom stereocenters. The molecule has 3 rings (SSSR count). The second-order valence-electron chi connectivity index (χ2n) is 7.76. The van der Waals surface area contributed by atoms with Crippen LogP contribution in [0, 0.1) is 12.8 Å². The summed E-state index contributed by atoms with van der Waals surface area (Å²) in [6.45, 7) is 3.52. The highest BCUT2D eigenvalue weighted by molar-refractivity contribution is 14.0. The molecule has 0 bridgehead atoms. The zero-order valence-electron chi connectivity index (χ0n) is 18.5. The predicted octanol–water partition coefficient (Wildman–Crippen LogP) is 5.09. The van der Waals surface area contributed by atoms with E-state index in [4.69, 9.17) is 9.47 Å². The highest BCUT2D eigenvalue weighted by Gasteiger charge is 2.27. The molecule has 1 aliphatic heterocycles. The van der Waals surface area contributed by atoms with Crippen LogP contribution in [0.25, 0.3) is 0 Å². The number of benzene rings is 2.